The van der Waals surface area contributed by atoms with Gasteiger partial charge in [0.2, 0.25) is 0 Å². The molecule has 2 nitrogen and oxygen atoms in total. The van der Waals surface area contributed by atoms with Gasteiger partial charge < -0.3 is 4.98 Å². The van der Waals surface area contributed by atoms with Crippen LogP contribution in [0.25, 0.3) is 33.3 Å². The van der Waals surface area contributed by atoms with E-state index in [1.54, 1.807) is 0 Å². The summed E-state index contributed by atoms with van der Waals surface area (Å²) in [7, 11) is -0.178. The third-order valence-electron chi connectivity index (χ3n) is 5.04. The normalized spacial score (nSPS) is 11.4. The summed E-state index contributed by atoms with van der Waals surface area (Å²) in [5.41, 5.74) is 5.68. The number of rotatable bonds is 7. The van der Waals surface area contributed by atoms with Crippen LogP contribution in [0.1, 0.15) is 26.7 Å². The molecule has 0 atom stereocenters. The van der Waals surface area contributed by atoms with E-state index in [2.05, 4.69) is 79.5 Å². The second kappa shape index (κ2) is 8.71. The van der Waals surface area contributed by atoms with Gasteiger partial charge in [0.1, 0.15) is 0 Å². The van der Waals surface area contributed by atoms with Crippen molar-refractivity contribution in [1.82, 2.24) is 9.97 Å². The monoisotopic (exact) mass is 385 g/mol. The van der Waals surface area contributed by atoms with E-state index in [-0.39, 0.29) is 7.92 Å². The highest BCUT2D eigenvalue weighted by Crippen LogP contribution is 2.37. The van der Waals surface area contributed by atoms with Crippen molar-refractivity contribution in [2.45, 2.75) is 26.7 Å². The number of pyridine rings is 1. The van der Waals surface area contributed by atoms with E-state index in [1.807, 2.05) is 12.3 Å². The highest BCUT2D eigenvalue weighted by Gasteiger charge is 2.14. The van der Waals surface area contributed by atoms with Gasteiger partial charge in [-0.25, -0.2) is 4.98 Å². The molecule has 28 heavy (non-hydrogen) atoms. The summed E-state index contributed by atoms with van der Waals surface area (Å²) in [5, 5.41) is 2.48. The Morgan fingerprint density at radius 1 is 0.786 bits per heavy atom. The summed E-state index contributed by atoms with van der Waals surface area (Å²) in [5.74, 6) is 0. The van der Waals surface area contributed by atoms with Crippen LogP contribution in [0.3, 0.4) is 0 Å². The van der Waals surface area contributed by atoms with Gasteiger partial charge in [0.05, 0.1) is 11.1 Å². The highest BCUT2D eigenvalue weighted by molar-refractivity contribution is 7.65. The Balaban J connectivity index is 1.86. The van der Waals surface area contributed by atoms with Crippen LogP contribution in [-0.2, 0) is 0 Å². The van der Waals surface area contributed by atoms with E-state index in [9.17, 15) is 0 Å². The minimum absolute atomic E-state index is 0.178. The Morgan fingerprint density at radius 3 is 2.14 bits per heavy atom. The first-order chi connectivity index (χ1) is 13.8. The van der Waals surface area contributed by atoms with Crippen LogP contribution in [-0.4, -0.2) is 17.3 Å². The van der Waals surface area contributed by atoms with Crippen LogP contribution in [0.2, 0.25) is 0 Å². The zero-order valence-corrected chi connectivity index (χ0v) is 17.5. The third kappa shape index (κ3) is 3.88. The van der Waals surface area contributed by atoms with Crippen LogP contribution in [0, 0.1) is 0 Å². The Hall–Kier alpha value is -2.44. The van der Waals surface area contributed by atoms with E-state index in [4.69, 9.17) is 4.98 Å². The predicted octanol–water partition coefficient (Wildman–Crippen LogP) is 6.45. The maximum atomic E-state index is 5.16. The van der Waals surface area contributed by atoms with Crippen molar-refractivity contribution in [3.05, 3.63) is 72.9 Å². The molecule has 0 amide bonds. The number of hydrogen-bond acceptors (Lipinski definition) is 1. The first kappa shape index (κ1) is 18.9. The van der Waals surface area contributed by atoms with E-state index in [0.29, 0.717) is 0 Å². The summed E-state index contributed by atoms with van der Waals surface area (Å²) in [6.45, 7) is 4.55. The third-order valence-corrected chi connectivity index (χ3v) is 7.91. The molecule has 0 saturated carbocycles. The Bertz CT molecular complexity index is 1050. The fourth-order valence-electron chi connectivity index (χ4n) is 3.75. The van der Waals surface area contributed by atoms with Crippen LogP contribution >= 0.6 is 7.92 Å². The second-order valence-electron chi connectivity index (χ2n) is 7.14. The summed E-state index contributed by atoms with van der Waals surface area (Å²) >= 11 is 0. The molecule has 0 aliphatic heterocycles. The Morgan fingerprint density at radius 2 is 1.50 bits per heavy atom. The molecule has 0 aliphatic carbocycles. The molecule has 3 heteroatoms. The first-order valence-corrected chi connectivity index (χ1v) is 11.8. The molecule has 0 unspecified atom stereocenters. The fraction of sp³-hybridized carbons (Fsp3) is 0.240. The van der Waals surface area contributed by atoms with Gasteiger partial charge >= 0.3 is 0 Å². The first-order valence-electron chi connectivity index (χ1n) is 10.1. The van der Waals surface area contributed by atoms with Gasteiger partial charge in [-0.1, -0.05) is 77.1 Å². The molecule has 2 heterocycles. The van der Waals surface area contributed by atoms with E-state index in [1.165, 1.54) is 46.9 Å². The van der Waals surface area contributed by atoms with Crippen molar-refractivity contribution in [2.24, 2.45) is 0 Å². The van der Waals surface area contributed by atoms with Crippen LogP contribution in [0.4, 0.5) is 0 Å². The Labute approximate surface area is 168 Å². The predicted molar refractivity (Wildman–Crippen MR) is 123 cm³/mol. The average molecular weight is 385 g/mol. The van der Waals surface area contributed by atoms with E-state index in [0.717, 1.165) is 17.0 Å². The van der Waals surface area contributed by atoms with Gasteiger partial charge in [-0.15, -0.1) is 5.69 Å². The molecule has 2 aromatic carbocycles. The number of nitrogens with zero attached hydrogens (tertiary/aromatic N) is 2. The molecule has 4 aromatic rings. The van der Waals surface area contributed by atoms with Gasteiger partial charge in [0.25, 0.3) is 0 Å². The number of benzene rings is 2. The Kier molecular flexibility index (Phi) is 5.88. The van der Waals surface area contributed by atoms with Gasteiger partial charge in [-0.3, -0.25) is 0 Å². The van der Waals surface area contributed by atoms with Crippen LogP contribution in [0.15, 0.2) is 72.9 Å². The molecule has 142 valence electrons. The molecule has 0 radical (unpaired) electrons. The second-order valence-corrected chi connectivity index (χ2v) is 9.57. The summed E-state index contributed by atoms with van der Waals surface area (Å²) in [6, 6.07) is 23.7. The van der Waals surface area contributed by atoms with Crippen molar-refractivity contribution in [3.63, 3.8) is 0 Å². The van der Waals surface area contributed by atoms with E-state index >= 15 is 0 Å². The zero-order chi connectivity index (χ0) is 19.3. The molecule has 0 bridgehead atoms. The molecule has 2 aromatic heterocycles. The maximum Gasteiger partial charge on any atom is 0.0715 e. The van der Waals surface area contributed by atoms with Gasteiger partial charge in [0.15, 0.2) is 0 Å². The van der Waals surface area contributed by atoms with Gasteiger partial charge in [-0.05, 0) is 52.9 Å². The minimum atomic E-state index is -0.178. The summed E-state index contributed by atoms with van der Waals surface area (Å²) in [4.78, 5) is 9.73. The lowest BCUT2D eigenvalue weighted by Gasteiger charge is -2.19. The fourth-order valence-corrected chi connectivity index (χ4v) is 6.06. The minimum Gasteiger partial charge on any atom is -0.664 e. The molecule has 0 spiro atoms. The SMILES string of the molecule is CCCP(CCC)c1cccc(-c2cc3ccccc3cc2-c2ccc[n-]2)n1. The quantitative estimate of drug-likeness (QED) is 0.342. The smallest absolute Gasteiger partial charge is 0.0715 e. The lowest BCUT2D eigenvalue weighted by atomic mass is 9.96. The number of hydrogen-bond donors (Lipinski definition) is 0. The van der Waals surface area contributed by atoms with E-state index < -0.39 is 0 Å². The van der Waals surface area contributed by atoms with Crippen molar-refractivity contribution in [2.75, 3.05) is 12.3 Å². The topological polar surface area (TPSA) is 27.0 Å². The largest absolute Gasteiger partial charge is 0.664 e. The van der Waals surface area contributed by atoms with Crippen molar-refractivity contribution in [1.29, 1.82) is 0 Å². The average Bonchev–Trinajstić information content (AvgIpc) is 3.27. The van der Waals surface area contributed by atoms with Crippen molar-refractivity contribution >= 4 is 24.1 Å². The van der Waals surface area contributed by atoms with Crippen LogP contribution < -0.4 is 10.4 Å². The molecule has 0 N–H and O–H groups in total. The van der Waals surface area contributed by atoms with Crippen LogP contribution in [0.5, 0.6) is 0 Å². The lowest BCUT2D eigenvalue weighted by Crippen LogP contribution is -2.11. The number of fused-ring (bicyclic) bond motifs is 1. The summed E-state index contributed by atoms with van der Waals surface area (Å²) < 4.78 is 0. The molecule has 0 saturated heterocycles. The standard InChI is InChI=1S/C25H26N2P/c1-3-15-28(16-4-2)25-13-7-11-24(27-25)22-18-20-10-6-5-9-19(20)17-21(22)23-12-8-14-26-23/h5-14,17-18H,3-4,15-16H2,1-2H3/q-1. The molecule has 0 aliphatic rings. The maximum absolute atomic E-state index is 5.16. The molecule has 0 fully saturated rings. The van der Waals surface area contributed by atoms with Crippen molar-refractivity contribution in [3.8, 4) is 22.5 Å². The van der Waals surface area contributed by atoms with Gasteiger partial charge in [0, 0.05) is 5.56 Å². The lowest BCUT2D eigenvalue weighted by molar-refractivity contribution is 1.06. The van der Waals surface area contributed by atoms with Crippen molar-refractivity contribution < 1.29 is 0 Å². The molecular weight excluding hydrogens is 359 g/mol. The molecular formula is C25H26N2P-. The number of aromatic nitrogens is 2. The highest BCUT2D eigenvalue weighted by atomic mass is 31.1. The molecule has 4 rings (SSSR count). The zero-order valence-electron chi connectivity index (χ0n) is 16.6. The summed E-state index contributed by atoms with van der Waals surface area (Å²) in [6.07, 6.45) is 6.82. The van der Waals surface area contributed by atoms with Gasteiger partial charge in [-0.2, -0.15) is 6.20 Å².